The second-order valence-electron chi connectivity index (χ2n) is 4.45. The van der Waals surface area contributed by atoms with Crippen LogP contribution in [0, 0.1) is 6.92 Å². The molecule has 0 atom stereocenters. The molecular weight excluding hydrogens is 328 g/mol. The van der Waals surface area contributed by atoms with Gasteiger partial charge in [0, 0.05) is 0 Å². The molecule has 2 N–H and O–H groups in total. The Labute approximate surface area is 131 Å². The molecule has 0 bridgehead atoms. The zero-order valence-electron chi connectivity index (χ0n) is 11.4. The summed E-state index contributed by atoms with van der Waals surface area (Å²) in [4.78, 5) is -0.00743. The van der Waals surface area contributed by atoms with E-state index >= 15 is 0 Å². The molecule has 0 amide bonds. The van der Waals surface area contributed by atoms with Crippen LogP contribution in [0.15, 0.2) is 41.8 Å². The molecule has 0 saturated carbocycles. The molecule has 0 radical (unpaired) electrons. The molecule has 0 aliphatic heterocycles. The Morgan fingerprint density at radius 1 is 1.23 bits per heavy atom. The number of sulfonamides is 1. The van der Waals surface area contributed by atoms with Gasteiger partial charge < -0.3 is 0 Å². The minimum atomic E-state index is -3.85. The maximum Gasteiger partial charge on any atom is 0.263 e. The van der Waals surface area contributed by atoms with E-state index in [-0.39, 0.29) is 9.92 Å². The number of hydrogen-bond acceptors (Lipinski definition) is 5. The van der Waals surface area contributed by atoms with E-state index in [1.54, 1.807) is 19.1 Å². The topological polar surface area (TPSA) is 106 Å². The first-order valence-corrected chi connectivity index (χ1v) is 8.02. The molecule has 2 aromatic heterocycles. The van der Waals surface area contributed by atoms with Crippen LogP contribution in [-0.4, -0.2) is 33.4 Å². The number of nitrogens with one attached hydrogen (secondary N) is 2. The van der Waals surface area contributed by atoms with Gasteiger partial charge in [-0.25, -0.2) is 8.42 Å². The molecule has 0 spiro atoms. The molecule has 22 heavy (non-hydrogen) atoms. The lowest BCUT2D eigenvalue weighted by Crippen LogP contribution is -2.15. The molecule has 3 aromatic rings. The van der Waals surface area contributed by atoms with Crippen LogP contribution in [0.25, 0.3) is 5.82 Å². The van der Waals surface area contributed by atoms with Crippen LogP contribution in [0.5, 0.6) is 0 Å². The number of hydrogen-bond donors (Lipinski definition) is 2. The number of H-pyrrole nitrogens is 1. The quantitative estimate of drug-likeness (QED) is 0.754. The summed E-state index contributed by atoms with van der Waals surface area (Å²) in [6.07, 6.45) is 2.84. The Morgan fingerprint density at radius 2 is 1.91 bits per heavy atom. The molecule has 0 aliphatic carbocycles. The summed E-state index contributed by atoms with van der Waals surface area (Å²) in [6, 6.07) is 6.20. The molecule has 0 saturated heterocycles. The zero-order valence-corrected chi connectivity index (χ0v) is 12.9. The van der Waals surface area contributed by atoms with Crippen molar-refractivity contribution in [2.45, 2.75) is 11.8 Å². The third-order valence-corrected chi connectivity index (χ3v) is 4.80. The molecule has 0 aliphatic rings. The molecule has 3 rings (SSSR count). The number of aromatic nitrogens is 5. The number of nitrogens with zero attached hydrogens (tertiary/aromatic N) is 4. The Morgan fingerprint density at radius 3 is 2.59 bits per heavy atom. The number of aromatic amines is 1. The van der Waals surface area contributed by atoms with Crippen molar-refractivity contribution in [3.8, 4) is 5.82 Å². The van der Waals surface area contributed by atoms with Crippen molar-refractivity contribution < 1.29 is 8.42 Å². The summed E-state index contributed by atoms with van der Waals surface area (Å²) in [5.41, 5.74) is 0.860. The zero-order chi connectivity index (χ0) is 15.7. The van der Waals surface area contributed by atoms with Gasteiger partial charge in [0.2, 0.25) is 0 Å². The monoisotopic (exact) mass is 338 g/mol. The van der Waals surface area contributed by atoms with Crippen LogP contribution in [0.4, 0.5) is 5.69 Å². The van der Waals surface area contributed by atoms with E-state index in [0.717, 1.165) is 0 Å². The van der Waals surface area contributed by atoms with Crippen molar-refractivity contribution in [2.75, 3.05) is 4.72 Å². The molecule has 0 unspecified atom stereocenters. The van der Waals surface area contributed by atoms with Gasteiger partial charge in [0.15, 0.2) is 5.82 Å². The lowest BCUT2D eigenvalue weighted by atomic mass is 10.4. The van der Waals surface area contributed by atoms with E-state index in [9.17, 15) is 8.42 Å². The fourth-order valence-electron chi connectivity index (χ4n) is 1.89. The first kappa shape index (κ1) is 14.5. The number of rotatable bonds is 4. The highest BCUT2D eigenvalue weighted by atomic mass is 35.5. The van der Waals surface area contributed by atoms with E-state index in [2.05, 4.69) is 25.1 Å². The Bertz CT molecular complexity index is 904. The third-order valence-electron chi connectivity index (χ3n) is 2.95. The number of aryl methyl sites for hydroxylation is 1. The summed E-state index contributed by atoms with van der Waals surface area (Å²) < 4.78 is 29.0. The molecule has 8 nitrogen and oxygen atoms in total. The van der Waals surface area contributed by atoms with Crippen molar-refractivity contribution in [3.05, 3.63) is 47.6 Å². The second kappa shape index (κ2) is 5.43. The van der Waals surface area contributed by atoms with Crippen LogP contribution in [-0.2, 0) is 10.0 Å². The first-order valence-electron chi connectivity index (χ1n) is 6.16. The molecule has 1 aromatic carbocycles. The normalized spacial score (nSPS) is 11.5. The van der Waals surface area contributed by atoms with Crippen LogP contribution < -0.4 is 4.72 Å². The van der Waals surface area contributed by atoms with Gasteiger partial charge in [-0.2, -0.15) is 5.10 Å². The van der Waals surface area contributed by atoms with E-state index in [1.807, 2.05) is 0 Å². The molecule has 2 heterocycles. The van der Waals surface area contributed by atoms with Crippen LogP contribution in [0.2, 0.25) is 5.02 Å². The molecular formula is C12H11ClN6O2S. The largest absolute Gasteiger partial charge is 0.279 e. The minimum absolute atomic E-state index is 0.00743. The van der Waals surface area contributed by atoms with E-state index in [4.69, 9.17) is 11.6 Å². The van der Waals surface area contributed by atoms with Gasteiger partial charge in [-0.1, -0.05) is 23.7 Å². The van der Waals surface area contributed by atoms with Gasteiger partial charge in [-0.05, 0) is 19.1 Å². The van der Waals surface area contributed by atoms with Crippen molar-refractivity contribution in [2.24, 2.45) is 0 Å². The van der Waals surface area contributed by atoms with E-state index in [1.165, 1.54) is 29.4 Å². The SMILES string of the molecule is Cc1[nH]nc(-n2cnnc2)c1NS(=O)(=O)c1ccccc1Cl. The Balaban J connectivity index is 2.04. The summed E-state index contributed by atoms with van der Waals surface area (Å²) in [5, 5.41) is 14.3. The standard InChI is InChI=1S/C12H11ClN6O2S/c1-8-11(12(17-16-8)19-6-14-15-7-19)18-22(20,21)10-5-3-2-4-9(10)13/h2-7,18H,1H3,(H,16,17). The lowest BCUT2D eigenvalue weighted by molar-refractivity contribution is 0.601. The average Bonchev–Trinajstić information content (AvgIpc) is 3.10. The number of benzene rings is 1. The smallest absolute Gasteiger partial charge is 0.263 e. The van der Waals surface area contributed by atoms with Gasteiger partial charge in [0.1, 0.15) is 23.2 Å². The lowest BCUT2D eigenvalue weighted by Gasteiger charge is -2.10. The average molecular weight is 339 g/mol. The first-order chi connectivity index (χ1) is 10.5. The predicted molar refractivity (Wildman–Crippen MR) is 80.5 cm³/mol. The molecule has 0 fully saturated rings. The number of halogens is 1. The summed E-state index contributed by atoms with van der Waals surface area (Å²) in [6.45, 7) is 1.70. The van der Waals surface area contributed by atoms with Crippen LogP contribution in [0.3, 0.4) is 0 Å². The fourth-order valence-corrected chi connectivity index (χ4v) is 3.53. The predicted octanol–water partition coefficient (Wildman–Crippen LogP) is 1.75. The maximum absolute atomic E-state index is 12.5. The maximum atomic E-state index is 12.5. The van der Waals surface area contributed by atoms with Crippen molar-refractivity contribution in [1.29, 1.82) is 0 Å². The fraction of sp³-hybridized carbons (Fsp3) is 0.0833. The summed E-state index contributed by atoms with van der Waals surface area (Å²) in [7, 11) is -3.85. The highest BCUT2D eigenvalue weighted by Crippen LogP contribution is 2.27. The Hall–Kier alpha value is -2.39. The van der Waals surface area contributed by atoms with Crippen molar-refractivity contribution in [1.82, 2.24) is 25.0 Å². The van der Waals surface area contributed by atoms with Gasteiger partial charge in [0.05, 0.1) is 10.7 Å². The molecule has 114 valence electrons. The van der Waals surface area contributed by atoms with Crippen molar-refractivity contribution in [3.63, 3.8) is 0 Å². The minimum Gasteiger partial charge on any atom is -0.279 e. The van der Waals surface area contributed by atoms with E-state index < -0.39 is 10.0 Å². The highest BCUT2D eigenvalue weighted by Gasteiger charge is 2.22. The van der Waals surface area contributed by atoms with Gasteiger partial charge in [-0.15, -0.1) is 10.2 Å². The summed E-state index contributed by atoms with van der Waals surface area (Å²) in [5.74, 6) is 0.345. The second-order valence-corrected chi connectivity index (χ2v) is 6.51. The Kier molecular flexibility index (Phi) is 3.59. The van der Waals surface area contributed by atoms with Gasteiger partial charge in [0.25, 0.3) is 10.0 Å². The summed E-state index contributed by atoms with van der Waals surface area (Å²) >= 11 is 5.96. The van der Waals surface area contributed by atoms with Gasteiger partial charge >= 0.3 is 0 Å². The number of anilines is 1. The van der Waals surface area contributed by atoms with Crippen LogP contribution >= 0.6 is 11.6 Å². The van der Waals surface area contributed by atoms with Gasteiger partial charge in [-0.3, -0.25) is 14.4 Å². The van der Waals surface area contributed by atoms with E-state index in [0.29, 0.717) is 17.2 Å². The van der Waals surface area contributed by atoms with Crippen molar-refractivity contribution >= 4 is 27.3 Å². The molecule has 10 heteroatoms. The van der Waals surface area contributed by atoms with Crippen LogP contribution in [0.1, 0.15) is 5.69 Å². The highest BCUT2D eigenvalue weighted by molar-refractivity contribution is 7.92. The third kappa shape index (κ3) is 2.55.